The van der Waals surface area contributed by atoms with Gasteiger partial charge in [-0.1, -0.05) is 6.07 Å². The largest absolute Gasteiger partial charge is 0.496 e. The normalized spacial score (nSPS) is 20.6. The fourth-order valence-corrected chi connectivity index (χ4v) is 4.96. The van der Waals surface area contributed by atoms with Gasteiger partial charge in [-0.25, -0.2) is 14.4 Å². The lowest BCUT2D eigenvalue weighted by molar-refractivity contribution is -0.128. The summed E-state index contributed by atoms with van der Waals surface area (Å²) in [5.41, 5.74) is 1.59. The van der Waals surface area contributed by atoms with Crippen molar-refractivity contribution in [3.05, 3.63) is 48.2 Å². The summed E-state index contributed by atoms with van der Waals surface area (Å²) in [4.78, 5) is 27.5. The third kappa shape index (κ3) is 3.49. The molecule has 1 aliphatic carbocycles. The molecule has 2 N–H and O–H groups in total. The summed E-state index contributed by atoms with van der Waals surface area (Å²) < 4.78 is 18.8. The Labute approximate surface area is 180 Å². The lowest BCUT2D eigenvalue weighted by Crippen LogP contribution is -2.48. The molecule has 3 heterocycles. The Kier molecular flexibility index (Phi) is 4.79. The van der Waals surface area contributed by atoms with Gasteiger partial charge >= 0.3 is 0 Å². The minimum atomic E-state index is -0.357. The number of ether oxygens (including phenoxy) is 1. The van der Waals surface area contributed by atoms with Crippen LogP contribution in [0, 0.1) is 17.2 Å². The number of nitrogens with one attached hydrogen (secondary N) is 2. The summed E-state index contributed by atoms with van der Waals surface area (Å²) in [5, 5.41) is 4.16. The van der Waals surface area contributed by atoms with Gasteiger partial charge in [-0.3, -0.25) is 4.79 Å². The summed E-state index contributed by atoms with van der Waals surface area (Å²) in [6, 6.07) is 6.15. The number of carbonyl (C=O) groups is 1. The van der Waals surface area contributed by atoms with Crippen LogP contribution in [0.4, 0.5) is 10.2 Å². The Morgan fingerprint density at radius 3 is 2.97 bits per heavy atom. The van der Waals surface area contributed by atoms with Crippen molar-refractivity contribution in [2.45, 2.75) is 32.2 Å². The number of methoxy groups -OCH3 is 1. The lowest BCUT2D eigenvalue weighted by atomic mass is 9.81. The van der Waals surface area contributed by atoms with Crippen LogP contribution in [0.2, 0.25) is 0 Å². The molecule has 1 aliphatic heterocycles. The number of H-pyrrole nitrogens is 1. The molecule has 2 atom stereocenters. The highest BCUT2D eigenvalue weighted by molar-refractivity contribution is 5.88. The molecule has 5 rings (SSSR count). The molecule has 2 fully saturated rings. The smallest absolute Gasteiger partial charge is 0.224 e. The van der Waals surface area contributed by atoms with Gasteiger partial charge in [-0.2, -0.15) is 0 Å². The molecule has 0 radical (unpaired) electrons. The Morgan fingerprint density at radius 2 is 2.19 bits per heavy atom. The molecule has 1 unspecified atom stereocenters. The zero-order chi connectivity index (χ0) is 21.6. The molecule has 3 aromatic rings. The van der Waals surface area contributed by atoms with Crippen molar-refractivity contribution in [1.82, 2.24) is 20.3 Å². The van der Waals surface area contributed by atoms with Crippen molar-refractivity contribution >= 4 is 22.8 Å². The minimum Gasteiger partial charge on any atom is -0.496 e. The van der Waals surface area contributed by atoms with Gasteiger partial charge in [0.05, 0.1) is 18.5 Å². The van der Waals surface area contributed by atoms with Gasteiger partial charge in [0.2, 0.25) is 5.91 Å². The van der Waals surface area contributed by atoms with E-state index in [9.17, 15) is 9.18 Å². The SMILES string of the molecule is COc1cc(F)ccc1[C@@H](C)NC(=O)C1CCN(c2ncnc3[nH]ccc23)CC12CC2. The monoisotopic (exact) mass is 423 g/mol. The van der Waals surface area contributed by atoms with Crippen LogP contribution >= 0.6 is 0 Å². The first-order chi connectivity index (χ1) is 15.0. The number of rotatable bonds is 5. The minimum absolute atomic E-state index is 0.0114. The number of fused-ring (bicyclic) bond motifs is 1. The number of aromatic amines is 1. The summed E-state index contributed by atoms with van der Waals surface area (Å²) in [7, 11) is 1.51. The third-order valence-electron chi connectivity index (χ3n) is 6.79. The van der Waals surface area contributed by atoms with Crippen LogP contribution < -0.4 is 15.0 Å². The average Bonchev–Trinajstić information content (AvgIpc) is 3.34. The fourth-order valence-electron chi connectivity index (χ4n) is 4.96. The van der Waals surface area contributed by atoms with E-state index < -0.39 is 0 Å². The van der Waals surface area contributed by atoms with E-state index in [0.29, 0.717) is 5.75 Å². The predicted octanol–water partition coefficient (Wildman–Crippen LogP) is 3.59. The maximum atomic E-state index is 13.5. The van der Waals surface area contributed by atoms with E-state index in [4.69, 9.17) is 4.74 Å². The van der Waals surface area contributed by atoms with Gasteiger partial charge in [0.1, 0.15) is 29.4 Å². The highest BCUT2D eigenvalue weighted by Gasteiger charge is 2.55. The number of anilines is 1. The van der Waals surface area contributed by atoms with Gasteiger partial charge in [0, 0.05) is 36.8 Å². The number of halogens is 1. The summed E-state index contributed by atoms with van der Waals surface area (Å²) in [5.74, 6) is 1.04. The van der Waals surface area contributed by atoms with Crippen LogP contribution in [-0.4, -0.2) is 41.1 Å². The molecule has 2 aliphatic rings. The van der Waals surface area contributed by atoms with Crippen LogP contribution in [0.3, 0.4) is 0 Å². The van der Waals surface area contributed by atoms with Gasteiger partial charge in [0.25, 0.3) is 0 Å². The highest BCUT2D eigenvalue weighted by Crippen LogP contribution is 2.56. The number of amides is 1. The summed E-state index contributed by atoms with van der Waals surface area (Å²) in [6.07, 6.45) is 6.31. The standard InChI is InChI=1S/C23H26FN5O2/c1-14(16-4-3-15(24)11-19(16)31-2)28-22(30)18-6-10-29(12-23(18)7-8-23)21-17-5-9-25-20(17)26-13-27-21/h3-5,9,11,13-14,18H,6-8,10,12H2,1-2H3,(H,28,30)(H,25,26,27)/t14-,18?/m1/s1. The Morgan fingerprint density at radius 1 is 1.35 bits per heavy atom. The molecule has 1 aromatic carbocycles. The van der Waals surface area contributed by atoms with E-state index in [0.717, 1.165) is 54.8 Å². The number of carbonyl (C=O) groups excluding carboxylic acids is 1. The van der Waals surface area contributed by atoms with E-state index in [2.05, 4.69) is 25.2 Å². The molecular weight excluding hydrogens is 397 g/mol. The Balaban J connectivity index is 1.31. The second kappa shape index (κ2) is 7.51. The number of benzene rings is 1. The quantitative estimate of drug-likeness (QED) is 0.655. The Hall–Kier alpha value is -3.16. The van der Waals surface area contributed by atoms with E-state index in [1.54, 1.807) is 12.4 Å². The van der Waals surface area contributed by atoms with Gasteiger partial charge in [0.15, 0.2) is 0 Å². The first-order valence-electron chi connectivity index (χ1n) is 10.7. The first-order valence-corrected chi connectivity index (χ1v) is 10.7. The van der Waals surface area contributed by atoms with Crippen LogP contribution in [0.1, 0.15) is 37.8 Å². The van der Waals surface area contributed by atoms with Crippen molar-refractivity contribution in [1.29, 1.82) is 0 Å². The van der Waals surface area contributed by atoms with Gasteiger partial charge < -0.3 is 19.9 Å². The summed E-state index contributed by atoms with van der Waals surface area (Å²) >= 11 is 0. The molecule has 31 heavy (non-hydrogen) atoms. The van der Waals surface area contributed by atoms with Crippen molar-refractivity contribution in [2.75, 3.05) is 25.1 Å². The van der Waals surface area contributed by atoms with E-state index >= 15 is 0 Å². The molecule has 2 aromatic heterocycles. The van der Waals surface area contributed by atoms with Crippen molar-refractivity contribution < 1.29 is 13.9 Å². The molecule has 1 spiro atoms. The lowest BCUT2D eigenvalue weighted by Gasteiger charge is -2.39. The van der Waals surface area contributed by atoms with Crippen LogP contribution in [0.15, 0.2) is 36.8 Å². The molecule has 1 amide bonds. The molecule has 1 saturated heterocycles. The number of piperidine rings is 1. The first kappa shape index (κ1) is 19.8. The maximum absolute atomic E-state index is 13.5. The molecule has 7 nitrogen and oxygen atoms in total. The zero-order valence-corrected chi connectivity index (χ0v) is 17.7. The van der Waals surface area contributed by atoms with E-state index in [-0.39, 0.29) is 29.1 Å². The Bertz CT molecular complexity index is 1130. The zero-order valence-electron chi connectivity index (χ0n) is 17.7. The molecule has 1 saturated carbocycles. The highest BCUT2D eigenvalue weighted by atomic mass is 19.1. The van der Waals surface area contributed by atoms with Gasteiger partial charge in [-0.15, -0.1) is 0 Å². The topological polar surface area (TPSA) is 83.1 Å². The predicted molar refractivity (Wildman–Crippen MR) is 115 cm³/mol. The number of aromatic nitrogens is 3. The summed E-state index contributed by atoms with van der Waals surface area (Å²) in [6.45, 7) is 3.49. The maximum Gasteiger partial charge on any atom is 0.224 e. The third-order valence-corrected chi connectivity index (χ3v) is 6.79. The van der Waals surface area contributed by atoms with Crippen molar-refractivity contribution in [3.63, 3.8) is 0 Å². The van der Waals surface area contributed by atoms with Gasteiger partial charge in [-0.05, 0) is 43.7 Å². The second-order valence-corrected chi connectivity index (χ2v) is 8.68. The molecule has 8 heteroatoms. The van der Waals surface area contributed by atoms with E-state index in [1.807, 2.05) is 19.2 Å². The number of nitrogens with zero attached hydrogens (tertiary/aromatic N) is 3. The van der Waals surface area contributed by atoms with Crippen LogP contribution in [0.25, 0.3) is 11.0 Å². The van der Waals surface area contributed by atoms with Crippen LogP contribution in [0.5, 0.6) is 5.75 Å². The van der Waals surface area contributed by atoms with Crippen LogP contribution in [-0.2, 0) is 4.79 Å². The number of hydrogen-bond donors (Lipinski definition) is 2. The van der Waals surface area contributed by atoms with E-state index in [1.165, 1.54) is 19.2 Å². The fraction of sp³-hybridized carbons (Fsp3) is 0.435. The van der Waals surface area contributed by atoms with Crippen molar-refractivity contribution in [3.8, 4) is 5.75 Å². The second-order valence-electron chi connectivity index (χ2n) is 8.68. The number of hydrogen-bond acceptors (Lipinski definition) is 5. The molecular formula is C23H26FN5O2. The average molecular weight is 423 g/mol. The molecule has 0 bridgehead atoms. The van der Waals surface area contributed by atoms with Crippen molar-refractivity contribution in [2.24, 2.45) is 11.3 Å². The molecule has 162 valence electrons.